The Hall–Kier alpha value is -2.37. The number of nitrogens with zero attached hydrogens (tertiary/aromatic N) is 2. The average molecular weight is 322 g/mol. The second kappa shape index (κ2) is 7.26. The van der Waals surface area contributed by atoms with Crippen molar-refractivity contribution in [3.8, 4) is 0 Å². The van der Waals surface area contributed by atoms with Gasteiger partial charge in [-0.05, 0) is 24.1 Å². The number of carbonyl (C=O) groups excluding carboxylic acids is 1. The highest BCUT2D eigenvalue weighted by molar-refractivity contribution is 5.79. The molecule has 1 amide bonds. The Morgan fingerprint density at radius 3 is 2.57 bits per heavy atom. The Morgan fingerprint density at radius 2 is 1.96 bits per heavy atom. The molecule has 1 aromatic heterocycles. The van der Waals surface area contributed by atoms with Crippen LogP contribution >= 0.6 is 0 Å². The van der Waals surface area contributed by atoms with Gasteiger partial charge in [-0.1, -0.05) is 19.1 Å². The van der Waals surface area contributed by atoms with E-state index in [9.17, 15) is 18.0 Å². The van der Waals surface area contributed by atoms with Crippen LogP contribution in [0, 0.1) is 17.5 Å². The Balaban J connectivity index is 2.18. The van der Waals surface area contributed by atoms with Crippen LogP contribution in [0.5, 0.6) is 0 Å². The van der Waals surface area contributed by atoms with Crippen molar-refractivity contribution in [2.75, 3.05) is 7.05 Å². The van der Waals surface area contributed by atoms with Crippen molar-refractivity contribution in [1.82, 2.24) is 9.88 Å². The lowest BCUT2D eigenvalue weighted by Gasteiger charge is -2.27. The van der Waals surface area contributed by atoms with E-state index in [0.717, 1.165) is 17.7 Å². The molecule has 0 bridgehead atoms. The van der Waals surface area contributed by atoms with Gasteiger partial charge in [0.25, 0.3) is 0 Å². The fraction of sp³-hybridized carbons (Fsp3) is 0.294. The van der Waals surface area contributed by atoms with Gasteiger partial charge in [0.15, 0.2) is 17.5 Å². The van der Waals surface area contributed by atoms with Gasteiger partial charge < -0.3 is 4.90 Å². The van der Waals surface area contributed by atoms with Crippen LogP contribution in [-0.2, 0) is 11.2 Å². The molecule has 0 aliphatic heterocycles. The number of hydrogen-bond donors (Lipinski definition) is 0. The van der Waals surface area contributed by atoms with Gasteiger partial charge in [-0.2, -0.15) is 0 Å². The predicted molar refractivity (Wildman–Crippen MR) is 80.1 cm³/mol. The maximum absolute atomic E-state index is 13.7. The molecule has 3 nitrogen and oxygen atoms in total. The molecule has 2 aromatic rings. The zero-order chi connectivity index (χ0) is 17.0. The van der Waals surface area contributed by atoms with E-state index in [1.54, 1.807) is 25.5 Å². The molecule has 0 spiro atoms. The summed E-state index contributed by atoms with van der Waals surface area (Å²) in [6, 6.07) is 5.31. The second-order valence-electron chi connectivity index (χ2n) is 5.23. The molecule has 1 atom stereocenters. The molecule has 0 N–H and O–H groups in total. The number of hydrogen-bond acceptors (Lipinski definition) is 2. The number of rotatable bonds is 5. The summed E-state index contributed by atoms with van der Waals surface area (Å²) in [6.07, 6.45) is 3.61. The number of benzene rings is 1. The lowest BCUT2D eigenvalue weighted by atomic mass is 10.0. The van der Waals surface area contributed by atoms with E-state index < -0.39 is 17.5 Å². The van der Waals surface area contributed by atoms with Gasteiger partial charge >= 0.3 is 0 Å². The summed E-state index contributed by atoms with van der Waals surface area (Å²) in [7, 11) is 1.60. The van der Waals surface area contributed by atoms with Crippen molar-refractivity contribution in [1.29, 1.82) is 0 Å². The zero-order valence-electron chi connectivity index (χ0n) is 12.9. The highest BCUT2D eigenvalue weighted by Gasteiger charge is 2.22. The summed E-state index contributed by atoms with van der Waals surface area (Å²) in [6.45, 7) is 1.92. The van der Waals surface area contributed by atoms with Gasteiger partial charge in [0.1, 0.15) is 0 Å². The molecule has 0 saturated carbocycles. The number of likely N-dealkylation sites (N-methyl/N-ethyl adjacent to an activating group) is 1. The van der Waals surface area contributed by atoms with E-state index in [1.165, 1.54) is 4.90 Å². The minimum Gasteiger partial charge on any atom is -0.338 e. The first-order valence-corrected chi connectivity index (χ1v) is 7.23. The fourth-order valence-corrected chi connectivity index (χ4v) is 2.47. The molecule has 1 aromatic carbocycles. The second-order valence-corrected chi connectivity index (χ2v) is 5.23. The lowest BCUT2D eigenvalue weighted by Crippen LogP contribution is -2.32. The number of amides is 1. The van der Waals surface area contributed by atoms with E-state index in [0.29, 0.717) is 6.42 Å². The monoisotopic (exact) mass is 322 g/mol. The van der Waals surface area contributed by atoms with Gasteiger partial charge in [0.2, 0.25) is 5.91 Å². The van der Waals surface area contributed by atoms with Crippen molar-refractivity contribution >= 4 is 5.91 Å². The zero-order valence-corrected chi connectivity index (χ0v) is 12.9. The van der Waals surface area contributed by atoms with Crippen molar-refractivity contribution in [3.05, 3.63) is 65.2 Å². The summed E-state index contributed by atoms with van der Waals surface area (Å²) >= 11 is 0. The lowest BCUT2D eigenvalue weighted by molar-refractivity contribution is -0.131. The standard InChI is InChI=1S/C17H17F3N2O/c1-3-14(12-5-4-8-21-10-12)22(2)15(23)9-11-6-7-13(18)17(20)16(11)19/h4-8,10,14H,3,9H2,1-2H3. The first kappa shape index (κ1) is 17.0. The molecule has 0 radical (unpaired) electrons. The van der Waals surface area contributed by atoms with Crippen LogP contribution in [0.3, 0.4) is 0 Å². The maximum Gasteiger partial charge on any atom is 0.227 e. The van der Waals surface area contributed by atoms with Crippen LogP contribution in [0.1, 0.15) is 30.5 Å². The Labute approximate surface area is 132 Å². The molecular formula is C17H17F3N2O. The minimum atomic E-state index is -1.56. The number of carbonyl (C=O) groups is 1. The molecule has 0 fully saturated rings. The molecule has 2 rings (SSSR count). The molecule has 23 heavy (non-hydrogen) atoms. The Kier molecular flexibility index (Phi) is 5.36. The molecule has 122 valence electrons. The van der Waals surface area contributed by atoms with Gasteiger partial charge in [0, 0.05) is 25.0 Å². The van der Waals surface area contributed by atoms with Crippen LogP contribution in [0.2, 0.25) is 0 Å². The maximum atomic E-state index is 13.7. The average Bonchev–Trinajstić information content (AvgIpc) is 2.57. The van der Waals surface area contributed by atoms with E-state index in [1.807, 2.05) is 13.0 Å². The summed E-state index contributed by atoms with van der Waals surface area (Å²) in [5.41, 5.74) is 0.693. The molecule has 1 heterocycles. The van der Waals surface area contributed by atoms with Gasteiger partial charge in [-0.3, -0.25) is 9.78 Å². The summed E-state index contributed by atoms with van der Waals surface area (Å²) < 4.78 is 39.9. The first-order valence-electron chi connectivity index (χ1n) is 7.23. The van der Waals surface area contributed by atoms with Crippen LogP contribution in [0.15, 0.2) is 36.7 Å². The SMILES string of the molecule is CCC(c1cccnc1)N(C)C(=O)Cc1ccc(F)c(F)c1F. The molecule has 1 unspecified atom stereocenters. The van der Waals surface area contributed by atoms with Gasteiger partial charge in [-0.25, -0.2) is 13.2 Å². The molecule has 0 aliphatic rings. The topological polar surface area (TPSA) is 33.2 Å². The van der Waals surface area contributed by atoms with Crippen molar-refractivity contribution in [3.63, 3.8) is 0 Å². The predicted octanol–water partition coefficient (Wildman–Crippen LogP) is 3.65. The fourth-order valence-electron chi connectivity index (χ4n) is 2.47. The quantitative estimate of drug-likeness (QED) is 0.787. The molecule has 0 aliphatic carbocycles. The summed E-state index contributed by atoms with van der Waals surface area (Å²) in [5, 5.41) is 0. The Bertz CT molecular complexity index is 692. The minimum absolute atomic E-state index is 0.165. The van der Waals surface area contributed by atoms with Crippen LogP contribution < -0.4 is 0 Å². The van der Waals surface area contributed by atoms with E-state index in [4.69, 9.17) is 0 Å². The van der Waals surface area contributed by atoms with Crippen molar-refractivity contribution < 1.29 is 18.0 Å². The smallest absolute Gasteiger partial charge is 0.227 e. The van der Waals surface area contributed by atoms with Crippen molar-refractivity contribution in [2.24, 2.45) is 0 Å². The van der Waals surface area contributed by atoms with Crippen LogP contribution in [0.4, 0.5) is 13.2 Å². The molecule has 6 heteroatoms. The molecular weight excluding hydrogens is 305 g/mol. The van der Waals surface area contributed by atoms with Crippen molar-refractivity contribution in [2.45, 2.75) is 25.8 Å². The first-order chi connectivity index (χ1) is 11.0. The molecule has 0 saturated heterocycles. The van der Waals surface area contributed by atoms with Gasteiger partial charge in [0.05, 0.1) is 12.5 Å². The number of aromatic nitrogens is 1. The van der Waals surface area contributed by atoms with Gasteiger partial charge in [-0.15, -0.1) is 0 Å². The number of pyridine rings is 1. The highest BCUT2D eigenvalue weighted by atomic mass is 19.2. The summed E-state index contributed by atoms with van der Waals surface area (Å²) in [5.74, 6) is -4.53. The van der Waals surface area contributed by atoms with Crippen LogP contribution in [-0.4, -0.2) is 22.8 Å². The summed E-state index contributed by atoms with van der Waals surface area (Å²) in [4.78, 5) is 17.9. The largest absolute Gasteiger partial charge is 0.338 e. The highest BCUT2D eigenvalue weighted by Crippen LogP contribution is 2.23. The van der Waals surface area contributed by atoms with E-state index in [-0.39, 0.29) is 23.9 Å². The van der Waals surface area contributed by atoms with E-state index in [2.05, 4.69) is 4.98 Å². The van der Waals surface area contributed by atoms with E-state index >= 15 is 0 Å². The third-order valence-corrected chi connectivity index (χ3v) is 3.77. The van der Waals surface area contributed by atoms with Crippen LogP contribution in [0.25, 0.3) is 0 Å². The Morgan fingerprint density at radius 1 is 1.22 bits per heavy atom. The third kappa shape index (κ3) is 3.70. The third-order valence-electron chi connectivity index (χ3n) is 3.77. The number of halogens is 3. The normalized spacial score (nSPS) is 12.0.